The summed E-state index contributed by atoms with van der Waals surface area (Å²) in [7, 11) is 0. The van der Waals surface area contributed by atoms with Gasteiger partial charge >= 0.3 is 0 Å². The molecule has 3 aromatic rings. The minimum atomic E-state index is -0.0351. The number of nitrogens with one attached hydrogen (secondary N) is 1. The van der Waals surface area contributed by atoms with Gasteiger partial charge in [-0.2, -0.15) is 0 Å². The molecule has 0 fully saturated rings. The van der Waals surface area contributed by atoms with Crippen molar-refractivity contribution in [2.75, 3.05) is 0 Å². The molecule has 1 N–H and O–H groups in total. The van der Waals surface area contributed by atoms with Gasteiger partial charge in [-0.3, -0.25) is 4.99 Å². The van der Waals surface area contributed by atoms with Gasteiger partial charge in [-0.15, -0.1) is 0 Å². The molecule has 26 heavy (non-hydrogen) atoms. The van der Waals surface area contributed by atoms with Gasteiger partial charge in [-0.25, -0.2) is 0 Å². The number of rotatable bonds is 3. The third-order valence-electron chi connectivity index (χ3n) is 4.43. The SMILES string of the molecule is Clc1ccc([C@H]2NC(c3ccc(Br)cc3)=N[C@H]2c2ccc(Cl)cc2)cc1. The molecule has 2 atom stereocenters. The van der Waals surface area contributed by atoms with Crippen molar-refractivity contribution < 1.29 is 0 Å². The first-order valence-corrected chi connectivity index (χ1v) is 9.76. The van der Waals surface area contributed by atoms with Crippen LogP contribution in [-0.4, -0.2) is 5.84 Å². The Kier molecular flexibility index (Phi) is 5.03. The largest absolute Gasteiger partial charge is 0.361 e. The van der Waals surface area contributed by atoms with Crippen LogP contribution < -0.4 is 5.32 Å². The van der Waals surface area contributed by atoms with Crippen molar-refractivity contribution in [2.45, 2.75) is 12.1 Å². The molecule has 0 amide bonds. The lowest BCUT2D eigenvalue weighted by Crippen LogP contribution is -2.25. The third-order valence-corrected chi connectivity index (χ3v) is 5.47. The molecule has 5 heteroatoms. The Morgan fingerprint density at radius 3 is 1.85 bits per heavy atom. The Labute approximate surface area is 171 Å². The summed E-state index contributed by atoms with van der Waals surface area (Å²) in [5, 5.41) is 5.03. The number of amidine groups is 1. The number of hydrogen-bond donors (Lipinski definition) is 1. The molecule has 4 rings (SSSR count). The lowest BCUT2D eigenvalue weighted by Gasteiger charge is -2.20. The predicted molar refractivity (Wildman–Crippen MR) is 112 cm³/mol. The predicted octanol–water partition coefficient (Wildman–Crippen LogP) is 6.59. The first kappa shape index (κ1) is 17.6. The molecule has 1 heterocycles. The van der Waals surface area contributed by atoms with Crippen molar-refractivity contribution in [3.05, 3.63) is 104 Å². The summed E-state index contributed by atoms with van der Waals surface area (Å²) in [6.45, 7) is 0. The fraction of sp³-hybridized carbons (Fsp3) is 0.0952. The van der Waals surface area contributed by atoms with Crippen LogP contribution in [0.15, 0.2) is 82.3 Å². The fourth-order valence-corrected chi connectivity index (χ4v) is 3.62. The molecule has 130 valence electrons. The smallest absolute Gasteiger partial charge is 0.129 e. The average Bonchev–Trinajstić information content (AvgIpc) is 3.09. The van der Waals surface area contributed by atoms with E-state index in [1.165, 1.54) is 0 Å². The second-order valence-electron chi connectivity index (χ2n) is 6.15. The Morgan fingerprint density at radius 1 is 0.731 bits per heavy atom. The summed E-state index contributed by atoms with van der Waals surface area (Å²) < 4.78 is 1.04. The van der Waals surface area contributed by atoms with E-state index in [2.05, 4.69) is 33.4 Å². The van der Waals surface area contributed by atoms with Crippen LogP contribution >= 0.6 is 39.1 Å². The lowest BCUT2D eigenvalue weighted by atomic mass is 9.95. The van der Waals surface area contributed by atoms with Crippen molar-refractivity contribution in [1.29, 1.82) is 0 Å². The summed E-state index contributed by atoms with van der Waals surface area (Å²) >= 11 is 15.6. The first-order chi connectivity index (χ1) is 12.6. The minimum Gasteiger partial charge on any atom is -0.361 e. The maximum atomic E-state index is 6.06. The second kappa shape index (κ2) is 7.43. The maximum Gasteiger partial charge on any atom is 0.129 e. The molecule has 3 aromatic carbocycles. The third kappa shape index (κ3) is 3.66. The van der Waals surface area contributed by atoms with Gasteiger partial charge in [0.1, 0.15) is 11.9 Å². The molecule has 0 aromatic heterocycles. The molecule has 2 nitrogen and oxygen atoms in total. The molecule has 0 unspecified atom stereocenters. The van der Waals surface area contributed by atoms with Crippen molar-refractivity contribution >= 4 is 45.0 Å². The summed E-state index contributed by atoms with van der Waals surface area (Å²) in [5.74, 6) is 0.886. The Bertz CT molecular complexity index is 935. The Balaban J connectivity index is 1.74. The van der Waals surface area contributed by atoms with Gasteiger partial charge in [0.2, 0.25) is 0 Å². The minimum absolute atomic E-state index is 0.0343. The van der Waals surface area contributed by atoms with Crippen molar-refractivity contribution in [3.8, 4) is 0 Å². The molecule has 0 saturated carbocycles. The van der Waals surface area contributed by atoms with Crippen LogP contribution in [-0.2, 0) is 0 Å². The van der Waals surface area contributed by atoms with Gasteiger partial charge in [0, 0.05) is 20.1 Å². The van der Waals surface area contributed by atoms with Crippen LogP contribution in [0.2, 0.25) is 10.0 Å². The fourth-order valence-electron chi connectivity index (χ4n) is 3.11. The standard InChI is InChI=1S/C21H15BrCl2N2/c22-16-7-1-15(2-8-16)21-25-19(13-3-9-17(23)10-4-13)20(26-21)14-5-11-18(24)12-6-14/h1-12,19-20H,(H,25,26)/t19-,20+. The summed E-state index contributed by atoms with van der Waals surface area (Å²) in [6, 6.07) is 23.9. The Morgan fingerprint density at radius 2 is 1.27 bits per heavy atom. The number of halogens is 3. The summed E-state index contributed by atoms with van der Waals surface area (Å²) in [5.41, 5.74) is 3.32. The van der Waals surface area contributed by atoms with Gasteiger partial charge in [0.25, 0.3) is 0 Å². The second-order valence-corrected chi connectivity index (χ2v) is 7.94. The van der Waals surface area contributed by atoms with Gasteiger partial charge in [-0.05, 0) is 47.5 Å². The molecule has 0 saturated heterocycles. The zero-order chi connectivity index (χ0) is 18.1. The molecule has 0 radical (unpaired) electrons. The van der Waals surface area contributed by atoms with Gasteiger partial charge in [0.15, 0.2) is 0 Å². The van der Waals surface area contributed by atoms with Gasteiger partial charge in [0.05, 0.1) is 6.04 Å². The highest BCUT2D eigenvalue weighted by Gasteiger charge is 2.31. The molecular formula is C21H15BrCl2N2. The molecule has 0 bridgehead atoms. The van der Waals surface area contributed by atoms with E-state index in [0.29, 0.717) is 0 Å². The Hall–Kier alpha value is -1.81. The first-order valence-electron chi connectivity index (χ1n) is 8.21. The monoisotopic (exact) mass is 444 g/mol. The van der Waals surface area contributed by atoms with E-state index >= 15 is 0 Å². The van der Waals surface area contributed by atoms with Crippen molar-refractivity contribution in [3.63, 3.8) is 0 Å². The number of aliphatic imine (C=N–C) groups is 1. The quantitative estimate of drug-likeness (QED) is 0.483. The zero-order valence-electron chi connectivity index (χ0n) is 13.7. The maximum absolute atomic E-state index is 6.06. The van der Waals surface area contributed by atoms with E-state index in [1.807, 2.05) is 60.7 Å². The van der Waals surface area contributed by atoms with Crippen LogP contribution in [0, 0.1) is 0 Å². The highest BCUT2D eigenvalue weighted by Crippen LogP contribution is 2.37. The normalized spacial score (nSPS) is 19.1. The highest BCUT2D eigenvalue weighted by atomic mass is 79.9. The van der Waals surface area contributed by atoms with Gasteiger partial charge in [-0.1, -0.05) is 75.5 Å². The number of hydrogen-bond acceptors (Lipinski definition) is 2. The lowest BCUT2D eigenvalue weighted by molar-refractivity contribution is 0.572. The topological polar surface area (TPSA) is 24.4 Å². The summed E-state index contributed by atoms with van der Waals surface area (Å²) in [6.07, 6.45) is 0. The van der Waals surface area contributed by atoms with E-state index in [-0.39, 0.29) is 12.1 Å². The number of benzene rings is 3. The van der Waals surface area contributed by atoms with Crippen LogP contribution in [0.5, 0.6) is 0 Å². The van der Waals surface area contributed by atoms with E-state index in [4.69, 9.17) is 28.2 Å². The van der Waals surface area contributed by atoms with E-state index in [9.17, 15) is 0 Å². The van der Waals surface area contributed by atoms with E-state index in [0.717, 1.165) is 37.0 Å². The van der Waals surface area contributed by atoms with Crippen molar-refractivity contribution in [1.82, 2.24) is 5.32 Å². The molecular weight excluding hydrogens is 431 g/mol. The molecule has 0 spiro atoms. The van der Waals surface area contributed by atoms with Crippen LogP contribution in [0.4, 0.5) is 0 Å². The molecule has 0 aliphatic carbocycles. The van der Waals surface area contributed by atoms with E-state index < -0.39 is 0 Å². The van der Waals surface area contributed by atoms with Crippen molar-refractivity contribution in [2.24, 2.45) is 4.99 Å². The molecule has 1 aliphatic heterocycles. The average molecular weight is 446 g/mol. The zero-order valence-corrected chi connectivity index (χ0v) is 16.8. The number of nitrogens with zero attached hydrogens (tertiary/aromatic N) is 1. The van der Waals surface area contributed by atoms with E-state index in [1.54, 1.807) is 0 Å². The van der Waals surface area contributed by atoms with Gasteiger partial charge < -0.3 is 5.32 Å². The van der Waals surface area contributed by atoms with Crippen LogP contribution in [0.25, 0.3) is 0 Å². The molecule has 1 aliphatic rings. The van der Waals surface area contributed by atoms with Crippen LogP contribution in [0.3, 0.4) is 0 Å². The summed E-state index contributed by atoms with van der Waals surface area (Å²) in [4.78, 5) is 4.98. The highest BCUT2D eigenvalue weighted by molar-refractivity contribution is 9.10. The van der Waals surface area contributed by atoms with Crippen LogP contribution in [0.1, 0.15) is 28.8 Å².